The lowest BCUT2D eigenvalue weighted by atomic mass is 9.72. The molecule has 1 aliphatic heterocycles. The van der Waals surface area contributed by atoms with Crippen molar-refractivity contribution in [2.24, 2.45) is 23.5 Å². The van der Waals surface area contributed by atoms with Crippen LogP contribution in [0.5, 0.6) is 0 Å². The standard InChI is InChI=1S/C16H33N3/c1-5-19-7-6-18(10-14(19)4)11-15-13(3)8-12(2)9-16(15)17/h12-16H,5-11,17H2,1-4H3. The van der Waals surface area contributed by atoms with Gasteiger partial charge in [0.05, 0.1) is 0 Å². The zero-order valence-electron chi connectivity index (χ0n) is 13.3. The average molecular weight is 267 g/mol. The summed E-state index contributed by atoms with van der Waals surface area (Å²) in [7, 11) is 0. The summed E-state index contributed by atoms with van der Waals surface area (Å²) in [5.41, 5.74) is 6.43. The molecule has 0 radical (unpaired) electrons. The van der Waals surface area contributed by atoms with Crippen LogP contribution >= 0.6 is 0 Å². The molecule has 1 heterocycles. The van der Waals surface area contributed by atoms with E-state index >= 15 is 0 Å². The smallest absolute Gasteiger partial charge is 0.0195 e. The highest BCUT2D eigenvalue weighted by molar-refractivity contribution is 4.89. The Morgan fingerprint density at radius 1 is 1.11 bits per heavy atom. The summed E-state index contributed by atoms with van der Waals surface area (Å²) in [4.78, 5) is 5.25. The molecule has 112 valence electrons. The molecule has 2 aliphatic rings. The third-order valence-electron chi connectivity index (χ3n) is 5.45. The second-order valence-electron chi connectivity index (χ2n) is 7.12. The van der Waals surface area contributed by atoms with Crippen molar-refractivity contribution in [1.82, 2.24) is 9.80 Å². The van der Waals surface area contributed by atoms with Crippen LogP contribution in [0.15, 0.2) is 0 Å². The highest BCUT2D eigenvalue weighted by Gasteiger charge is 2.34. The summed E-state index contributed by atoms with van der Waals surface area (Å²) in [6.07, 6.45) is 2.59. The van der Waals surface area contributed by atoms with Gasteiger partial charge in [-0.05, 0) is 44.1 Å². The molecule has 0 aromatic rings. The van der Waals surface area contributed by atoms with Crippen LogP contribution in [-0.2, 0) is 0 Å². The molecule has 3 nitrogen and oxygen atoms in total. The number of rotatable bonds is 3. The minimum Gasteiger partial charge on any atom is -0.327 e. The van der Waals surface area contributed by atoms with Crippen LogP contribution in [0.25, 0.3) is 0 Å². The van der Waals surface area contributed by atoms with E-state index in [0.717, 1.165) is 11.8 Å². The molecule has 0 aromatic carbocycles. The SMILES string of the molecule is CCN1CCN(CC2C(C)CC(C)CC2N)CC1C. The fraction of sp³-hybridized carbons (Fsp3) is 1.00. The molecule has 2 N–H and O–H groups in total. The first-order valence-corrected chi connectivity index (χ1v) is 8.23. The van der Waals surface area contributed by atoms with E-state index in [2.05, 4.69) is 37.5 Å². The predicted molar refractivity (Wildman–Crippen MR) is 82.2 cm³/mol. The lowest BCUT2D eigenvalue weighted by Crippen LogP contribution is -2.55. The molecule has 2 fully saturated rings. The molecule has 0 aromatic heterocycles. The monoisotopic (exact) mass is 267 g/mol. The lowest BCUT2D eigenvalue weighted by molar-refractivity contribution is 0.0517. The molecule has 2 rings (SSSR count). The van der Waals surface area contributed by atoms with Gasteiger partial charge in [-0.1, -0.05) is 20.8 Å². The van der Waals surface area contributed by atoms with Gasteiger partial charge >= 0.3 is 0 Å². The zero-order valence-corrected chi connectivity index (χ0v) is 13.3. The van der Waals surface area contributed by atoms with Gasteiger partial charge in [-0.15, -0.1) is 0 Å². The van der Waals surface area contributed by atoms with Gasteiger partial charge in [0, 0.05) is 38.3 Å². The maximum absolute atomic E-state index is 6.43. The van der Waals surface area contributed by atoms with Gasteiger partial charge in [0.25, 0.3) is 0 Å². The van der Waals surface area contributed by atoms with Gasteiger partial charge in [-0.3, -0.25) is 4.90 Å². The number of hydrogen-bond donors (Lipinski definition) is 1. The Morgan fingerprint density at radius 2 is 1.84 bits per heavy atom. The molecule has 1 saturated carbocycles. The summed E-state index contributed by atoms with van der Waals surface area (Å²) in [6.45, 7) is 15.5. The van der Waals surface area contributed by atoms with Crippen molar-refractivity contribution in [2.45, 2.75) is 52.6 Å². The molecule has 1 aliphatic carbocycles. The molecule has 3 heteroatoms. The Labute approximate surface area is 119 Å². The highest BCUT2D eigenvalue weighted by Crippen LogP contribution is 2.33. The normalized spacial score (nSPS) is 42.5. The Morgan fingerprint density at radius 3 is 2.42 bits per heavy atom. The van der Waals surface area contributed by atoms with Gasteiger partial charge < -0.3 is 10.6 Å². The first kappa shape index (κ1) is 15.3. The van der Waals surface area contributed by atoms with Crippen LogP contribution < -0.4 is 5.73 Å². The zero-order chi connectivity index (χ0) is 14.0. The van der Waals surface area contributed by atoms with Gasteiger partial charge in [0.1, 0.15) is 0 Å². The van der Waals surface area contributed by atoms with Crippen LogP contribution in [0.3, 0.4) is 0 Å². The molecule has 0 spiro atoms. The molecular weight excluding hydrogens is 234 g/mol. The van der Waals surface area contributed by atoms with Crippen LogP contribution in [0.2, 0.25) is 0 Å². The molecular formula is C16H33N3. The van der Waals surface area contributed by atoms with Crippen molar-refractivity contribution in [3.63, 3.8) is 0 Å². The van der Waals surface area contributed by atoms with E-state index in [1.54, 1.807) is 0 Å². The molecule has 19 heavy (non-hydrogen) atoms. The Balaban J connectivity index is 1.87. The molecule has 0 amide bonds. The van der Waals surface area contributed by atoms with E-state index in [1.165, 1.54) is 45.6 Å². The van der Waals surface area contributed by atoms with Crippen molar-refractivity contribution < 1.29 is 0 Å². The quantitative estimate of drug-likeness (QED) is 0.849. The number of nitrogens with zero attached hydrogens (tertiary/aromatic N) is 2. The van der Waals surface area contributed by atoms with Crippen molar-refractivity contribution in [1.29, 1.82) is 0 Å². The summed E-state index contributed by atoms with van der Waals surface area (Å²) in [5.74, 6) is 2.31. The maximum atomic E-state index is 6.43. The third-order valence-corrected chi connectivity index (χ3v) is 5.45. The van der Waals surface area contributed by atoms with E-state index in [-0.39, 0.29) is 0 Å². The Hall–Kier alpha value is -0.120. The predicted octanol–water partition coefficient (Wildman–Crippen LogP) is 2.02. The highest BCUT2D eigenvalue weighted by atomic mass is 15.3. The van der Waals surface area contributed by atoms with Crippen molar-refractivity contribution in [3.8, 4) is 0 Å². The number of nitrogens with two attached hydrogens (primary N) is 1. The third kappa shape index (κ3) is 3.71. The van der Waals surface area contributed by atoms with Gasteiger partial charge in [0.15, 0.2) is 0 Å². The topological polar surface area (TPSA) is 32.5 Å². The second-order valence-corrected chi connectivity index (χ2v) is 7.12. The fourth-order valence-corrected chi connectivity index (χ4v) is 4.29. The van der Waals surface area contributed by atoms with Crippen LogP contribution in [0.1, 0.15) is 40.5 Å². The number of hydrogen-bond acceptors (Lipinski definition) is 3. The van der Waals surface area contributed by atoms with Crippen LogP contribution in [0, 0.1) is 17.8 Å². The van der Waals surface area contributed by atoms with E-state index in [4.69, 9.17) is 5.73 Å². The van der Waals surface area contributed by atoms with Crippen LogP contribution in [-0.4, -0.2) is 54.6 Å². The summed E-state index contributed by atoms with van der Waals surface area (Å²) in [6, 6.07) is 1.12. The summed E-state index contributed by atoms with van der Waals surface area (Å²) in [5, 5.41) is 0. The maximum Gasteiger partial charge on any atom is 0.0195 e. The molecule has 5 atom stereocenters. The van der Waals surface area contributed by atoms with E-state index in [0.29, 0.717) is 18.0 Å². The number of likely N-dealkylation sites (N-methyl/N-ethyl adjacent to an activating group) is 1. The van der Waals surface area contributed by atoms with Gasteiger partial charge in [0.2, 0.25) is 0 Å². The minimum absolute atomic E-state index is 0.415. The second kappa shape index (κ2) is 6.55. The van der Waals surface area contributed by atoms with Crippen molar-refractivity contribution in [2.75, 3.05) is 32.7 Å². The van der Waals surface area contributed by atoms with E-state index < -0.39 is 0 Å². The molecule has 1 saturated heterocycles. The van der Waals surface area contributed by atoms with Crippen molar-refractivity contribution >= 4 is 0 Å². The molecule has 5 unspecified atom stereocenters. The molecule has 0 bridgehead atoms. The largest absolute Gasteiger partial charge is 0.327 e. The van der Waals surface area contributed by atoms with Gasteiger partial charge in [-0.25, -0.2) is 0 Å². The Bertz CT molecular complexity index is 269. The summed E-state index contributed by atoms with van der Waals surface area (Å²) >= 11 is 0. The van der Waals surface area contributed by atoms with E-state index in [9.17, 15) is 0 Å². The number of piperazine rings is 1. The van der Waals surface area contributed by atoms with Crippen LogP contribution in [0.4, 0.5) is 0 Å². The Kier molecular flexibility index (Phi) is 5.27. The lowest BCUT2D eigenvalue weighted by Gasteiger charge is -2.44. The fourth-order valence-electron chi connectivity index (χ4n) is 4.29. The first-order valence-electron chi connectivity index (χ1n) is 8.23. The average Bonchev–Trinajstić information content (AvgIpc) is 2.34. The first-order chi connectivity index (χ1) is 9.01. The minimum atomic E-state index is 0.415. The summed E-state index contributed by atoms with van der Waals surface area (Å²) < 4.78 is 0. The van der Waals surface area contributed by atoms with E-state index in [1.807, 2.05) is 0 Å². The van der Waals surface area contributed by atoms with Gasteiger partial charge in [-0.2, -0.15) is 0 Å². The van der Waals surface area contributed by atoms with Crippen molar-refractivity contribution in [3.05, 3.63) is 0 Å².